The van der Waals surface area contributed by atoms with Crippen molar-refractivity contribution in [2.24, 2.45) is 0 Å². The summed E-state index contributed by atoms with van der Waals surface area (Å²) in [6.07, 6.45) is 0.931. The molecule has 0 saturated carbocycles. The van der Waals surface area contributed by atoms with Gasteiger partial charge in [0.05, 0.1) is 16.5 Å². The number of hydrogen-bond donors (Lipinski definition) is 2. The molecule has 3 rings (SSSR count). The van der Waals surface area contributed by atoms with Crippen molar-refractivity contribution in [1.29, 1.82) is 0 Å². The van der Waals surface area contributed by atoms with Crippen molar-refractivity contribution >= 4 is 62.8 Å². The van der Waals surface area contributed by atoms with Crippen LogP contribution in [0, 0.1) is 5.82 Å². The second kappa shape index (κ2) is 9.31. The molecule has 0 saturated heterocycles. The Kier molecular flexibility index (Phi) is 6.84. The molecule has 5 nitrogen and oxygen atoms in total. The van der Waals surface area contributed by atoms with Gasteiger partial charge in [0.25, 0.3) is 0 Å². The van der Waals surface area contributed by atoms with Crippen LogP contribution in [0.25, 0.3) is 0 Å². The maximum absolute atomic E-state index is 13.0. The highest BCUT2D eigenvalue weighted by Crippen LogP contribution is 2.27. The number of halogens is 2. The van der Waals surface area contributed by atoms with Crippen LogP contribution in [0.2, 0.25) is 5.02 Å². The summed E-state index contributed by atoms with van der Waals surface area (Å²) in [6, 6.07) is 7.96. The molecule has 10 heteroatoms. The lowest BCUT2D eigenvalue weighted by Crippen LogP contribution is -2.14. The van der Waals surface area contributed by atoms with Gasteiger partial charge in [0, 0.05) is 11.4 Å². The van der Waals surface area contributed by atoms with Crippen LogP contribution in [0.1, 0.15) is 4.88 Å². The number of carbonyl (C=O) groups excluding carboxylic acids is 1. The Morgan fingerprint density at radius 2 is 2.19 bits per heavy atom. The van der Waals surface area contributed by atoms with Crippen molar-refractivity contribution in [2.45, 2.75) is 10.8 Å². The Labute approximate surface area is 167 Å². The van der Waals surface area contributed by atoms with E-state index >= 15 is 0 Å². The molecule has 0 atom stereocenters. The number of anilines is 2. The van der Waals surface area contributed by atoms with Crippen LogP contribution in [0.5, 0.6) is 0 Å². The van der Waals surface area contributed by atoms with Crippen LogP contribution in [0.4, 0.5) is 15.2 Å². The number of aromatic nitrogens is 2. The molecule has 0 bridgehead atoms. The first-order valence-electron chi connectivity index (χ1n) is 7.57. The van der Waals surface area contributed by atoms with E-state index in [2.05, 4.69) is 32.3 Å². The Morgan fingerprint density at radius 1 is 1.31 bits per heavy atom. The molecule has 0 aliphatic heterocycles. The van der Waals surface area contributed by atoms with E-state index in [4.69, 9.17) is 11.6 Å². The summed E-state index contributed by atoms with van der Waals surface area (Å²) in [5.41, 5.74) is 0.381. The van der Waals surface area contributed by atoms with Gasteiger partial charge in [0.15, 0.2) is 4.34 Å². The van der Waals surface area contributed by atoms with Crippen LogP contribution in [-0.2, 0) is 11.2 Å². The SMILES string of the molecule is O=C(CSc1nnc(NCCc2cccs2)s1)Nc1ccc(F)cc1Cl. The van der Waals surface area contributed by atoms with E-state index in [1.54, 1.807) is 11.3 Å². The van der Waals surface area contributed by atoms with Crippen LogP contribution >= 0.6 is 46.0 Å². The lowest BCUT2D eigenvalue weighted by atomic mass is 10.3. The van der Waals surface area contributed by atoms with E-state index in [1.165, 1.54) is 40.1 Å². The number of benzene rings is 1. The third-order valence-corrected chi connectivity index (χ3v) is 6.43. The molecule has 0 aliphatic carbocycles. The van der Waals surface area contributed by atoms with Gasteiger partial charge in [0.1, 0.15) is 5.82 Å². The topological polar surface area (TPSA) is 66.9 Å². The zero-order chi connectivity index (χ0) is 18.4. The van der Waals surface area contributed by atoms with Gasteiger partial charge in [-0.25, -0.2) is 4.39 Å². The monoisotopic (exact) mass is 428 g/mol. The standard InChI is InChI=1S/C16H14ClFN4OS3/c17-12-8-10(18)3-4-13(12)20-14(23)9-25-16-22-21-15(26-16)19-6-5-11-2-1-7-24-11/h1-4,7-8H,5-6,9H2,(H,19,21)(H,20,23). The number of nitrogens with zero attached hydrogens (tertiary/aromatic N) is 2. The molecule has 26 heavy (non-hydrogen) atoms. The van der Waals surface area contributed by atoms with Gasteiger partial charge >= 0.3 is 0 Å². The third kappa shape index (κ3) is 5.66. The molecule has 0 unspecified atom stereocenters. The second-order valence-corrected chi connectivity index (χ2v) is 8.73. The molecule has 2 aromatic heterocycles. The lowest BCUT2D eigenvalue weighted by Gasteiger charge is -2.06. The Bertz CT molecular complexity index is 872. The van der Waals surface area contributed by atoms with Gasteiger partial charge < -0.3 is 10.6 Å². The lowest BCUT2D eigenvalue weighted by molar-refractivity contribution is -0.113. The summed E-state index contributed by atoms with van der Waals surface area (Å²) in [5, 5.41) is 16.9. The molecule has 0 fully saturated rings. The summed E-state index contributed by atoms with van der Waals surface area (Å²) in [6.45, 7) is 0.781. The summed E-state index contributed by atoms with van der Waals surface area (Å²) in [4.78, 5) is 13.3. The molecule has 2 N–H and O–H groups in total. The highest BCUT2D eigenvalue weighted by molar-refractivity contribution is 8.01. The molecular formula is C16H14ClFN4OS3. The molecule has 0 aliphatic rings. The Hall–Kier alpha value is -1.68. The minimum absolute atomic E-state index is 0.163. The third-order valence-electron chi connectivity index (χ3n) is 3.17. The highest BCUT2D eigenvalue weighted by atomic mass is 35.5. The van der Waals surface area contributed by atoms with Crippen LogP contribution < -0.4 is 10.6 Å². The second-order valence-electron chi connectivity index (χ2n) is 5.09. The van der Waals surface area contributed by atoms with Crippen LogP contribution in [0.15, 0.2) is 40.1 Å². The summed E-state index contributed by atoms with van der Waals surface area (Å²) in [5.74, 6) is -0.529. The Morgan fingerprint density at radius 3 is 2.96 bits per heavy atom. The summed E-state index contributed by atoms with van der Waals surface area (Å²) < 4.78 is 13.7. The quantitative estimate of drug-likeness (QED) is 0.505. The van der Waals surface area contributed by atoms with E-state index in [0.29, 0.717) is 10.0 Å². The predicted octanol–water partition coefficient (Wildman–Crippen LogP) is 4.78. The van der Waals surface area contributed by atoms with Crippen molar-refractivity contribution in [3.05, 3.63) is 51.4 Å². The number of nitrogens with one attached hydrogen (secondary N) is 2. The molecule has 3 aromatic rings. The fraction of sp³-hybridized carbons (Fsp3) is 0.188. The minimum atomic E-state index is -0.449. The molecule has 1 aromatic carbocycles. The molecule has 0 spiro atoms. The van der Waals surface area contributed by atoms with Crippen molar-refractivity contribution in [3.8, 4) is 0 Å². The van der Waals surface area contributed by atoms with Crippen LogP contribution in [0.3, 0.4) is 0 Å². The van der Waals surface area contributed by atoms with Crippen molar-refractivity contribution < 1.29 is 9.18 Å². The molecule has 0 radical (unpaired) electrons. The highest BCUT2D eigenvalue weighted by Gasteiger charge is 2.10. The van der Waals surface area contributed by atoms with Gasteiger partial charge in [-0.05, 0) is 36.1 Å². The molecular weight excluding hydrogens is 415 g/mol. The predicted molar refractivity (Wildman–Crippen MR) is 107 cm³/mol. The smallest absolute Gasteiger partial charge is 0.234 e. The molecule has 2 heterocycles. The zero-order valence-corrected chi connectivity index (χ0v) is 16.6. The average molecular weight is 429 g/mol. The summed E-state index contributed by atoms with van der Waals surface area (Å²) >= 11 is 10.3. The van der Waals surface area contributed by atoms with E-state index in [0.717, 1.165) is 24.2 Å². The minimum Gasteiger partial charge on any atom is -0.360 e. The average Bonchev–Trinajstić information content (AvgIpc) is 3.28. The fourth-order valence-electron chi connectivity index (χ4n) is 1.99. The van der Waals surface area contributed by atoms with Crippen LogP contribution in [-0.4, -0.2) is 28.4 Å². The van der Waals surface area contributed by atoms with Gasteiger partial charge in [-0.15, -0.1) is 21.5 Å². The van der Waals surface area contributed by atoms with Crippen molar-refractivity contribution in [3.63, 3.8) is 0 Å². The first kappa shape index (κ1) is 19.1. The van der Waals surface area contributed by atoms with E-state index in [9.17, 15) is 9.18 Å². The normalized spacial score (nSPS) is 10.7. The van der Waals surface area contributed by atoms with E-state index in [-0.39, 0.29) is 16.7 Å². The van der Waals surface area contributed by atoms with Gasteiger partial charge in [-0.3, -0.25) is 4.79 Å². The van der Waals surface area contributed by atoms with Crippen molar-refractivity contribution in [2.75, 3.05) is 22.9 Å². The molecule has 1 amide bonds. The maximum Gasteiger partial charge on any atom is 0.234 e. The number of amides is 1. The summed E-state index contributed by atoms with van der Waals surface area (Å²) in [7, 11) is 0. The number of rotatable bonds is 8. The zero-order valence-electron chi connectivity index (χ0n) is 13.4. The van der Waals surface area contributed by atoms with E-state index < -0.39 is 5.82 Å². The number of thioether (sulfide) groups is 1. The first-order chi connectivity index (χ1) is 12.6. The number of hydrogen-bond acceptors (Lipinski definition) is 7. The molecule has 136 valence electrons. The number of thiophene rings is 1. The van der Waals surface area contributed by atoms with Gasteiger partial charge in [0.2, 0.25) is 11.0 Å². The van der Waals surface area contributed by atoms with Gasteiger partial charge in [-0.2, -0.15) is 0 Å². The Balaban J connectivity index is 1.43. The largest absolute Gasteiger partial charge is 0.360 e. The van der Waals surface area contributed by atoms with Gasteiger partial charge in [-0.1, -0.05) is 40.8 Å². The van der Waals surface area contributed by atoms with Crippen molar-refractivity contribution in [1.82, 2.24) is 10.2 Å². The van der Waals surface area contributed by atoms with E-state index in [1.807, 2.05) is 6.07 Å². The maximum atomic E-state index is 13.0. The fourth-order valence-corrected chi connectivity index (χ4v) is 4.49. The first-order valence-corrected chi connectivity index (χ1v) is 10.6. The number of carbonyl (C=O) groups is 1.